The molecule has 0 aliphatic rings. The second kappa shape index (κ2) is 5.56. The van der Waals surface area contributed by atoms with Gasteiger partial charge in [-0.2, -0.15) is 0 Å². The van der Waals surface area contributed by atoms with E-state index in [1.54, 1.807) is 12.7 Å². The first-order valence-electron chi connectivity index (χ1n) is 8.07. The van der Waals surface area contributed by atoms with E-state index in [0.717, 1.165) is 22.1 Å². The number of benzene rings is 2. The van der Waals surface area contributed by atoms with Crippen LogP contribution in [0, 0.1) is 0 Å². The third-order valence-electron chi connectivity index (χ3n) is 4.26. The number of aromatic nitrogens is 4. The van der Waals surface area contributed by atoms with Crippen molar-refractivity contribution in [3.05, 3.63) is 78.9 Å². The Morgan fingerprint density at radius 3 is 2.60 bits per heavy atom. The number of hydrogen-bond acceptors (Lipinski definition) is 4. The lowest BCUT2D eigenvalue weighted by Crippen LogP contribution is -1.99. The molecule has 0 saturated carbocycles. The minimum Gasteiger partial charge on any atom is -0.454 e. The van der Waals surface area contributed by atoms with Crippen LogP contribution in [-0.2, 0) is 6.54 Å². The Morgan fingerprint density at radius 2 is 1.72 bits per heavy atom. The van der Waals surface area contributed by atoms with Crippen LogP contribution in [0.15, 0.2) is 77.7 Å². The predicted molar refractivity (Wildman–Crippen MR) is 96.1 cm³/mol. The molecule has 5 aromatic rings. The molecule has 0 saturated heterocycles. The zero-order valence-electron chi connectivity index (χ0n) is 13.3. The Morgan fingerprint density at radius 1 is 0.880 bits per heavy atom. The van der Waals surface area contributed by atoms with Crippen LogP contribution in [-0.4, -0.2) is 19.5 Å². The molecule has 2 aromatic carbocycles. The van der Waals surface area contributed by atoms with Crippen molar-refractivity contribution < 1.29 is 4.42 Å². The monoisotopic (exact) mass is 326 g/mol. The van der Waals surface area contributed by atoms with Gasteiger partial charge in [-0.15, -0.1) is 0 Å². The maximum Gasteiger partial charge on any atom is 0.164 e. The molecule has 0 fully saturated rings. The standard InChI is InChI=1S/C20H14N4O/c1-2-6-14(7-3-1)11-24-13-23-19-18(21-12-22-20(19)24)17-10-15-8-4-5-9-16(15)25-17/h1-10,12-13H,11H2. The van der Waals surface area contributed by atoms with Crippen molar-refractivity contribution in [3.63, 3.8) is 0 Å². The molecule has 0 spiro atoms. The number of hydrogen-bond donors (Lipinski definition) is 0. The summed E-state index contributed by atoms with van der Waals surface area (Å²) in [6, 6.07) is 20.2. The minimum absolute atomic E-state index is 0.707. The van der Waals surface area contributed by atoms with E-state index in [0.29, 0.717) is 18.0 Å². The first-order chi connectivity index (χ1) is 12.4. The first kappa shape index (κ1) is 13.9. The highest BCUT2D eigenvalue weighted by atomic mass is 16.3. The molecule has 0 atom stereocenters. The summed E-state index contributed by atoms with van der Waals surface area (Å²) in [7, 11) is 0. The first-order valence-corrected chi connectivity index (χ1v) is 8.07. The van der Waals surface area contributed by atoms with Crippen LogP contribution < -0.4 is 0 Å². The van der Waals surface area contributed by atoms with E-state index in [1.807, 2.05) is 53.1 Å². The fraction of sp³-hybridized carbons (Fsp3) is 0.0500. The Kier molecular flexibility index (Phi) is 3.10. The van der Waals surface area contributed by atoms with E-state index in [2.05, 4.69) is 27.1 Å². The molecule has 5 heteroatoms. The average molecular weight is 326 g/mol. The summed E-state index contributed by atoms with van der Waals surface area (Å²) < 4.78 is 7.98. The summed E-state index contributed by atoms with van der Waals surface area (Å²) in [5.74, 6) is 0.707. The summed E-state index contributed by atoms with van der Waals surface area (Å²) in [6.07, 6.45) is 3.37. The van der Waals surface area contributed by atoms with E-state index < -0.39 is 0 Å². The quantitative estimate of drug-likeness (QED) is 0.496. The molecule has 0 amide bonds. The van der Waals surface area contributed by atoms with Gasteiger partial charge in [0.05, 0.1) is 12.9 Å². The van der Waals surface area contributed by atoms with Crippen molar-refractivity contribution in [3.8, 4) is 11.5 Å². The molecule has 0 unspecified atom stereocenters. The fourth-order valence-corrected chi connectivity index (χ4v) is 3.06. The number of fused-ring (bicyclic) bond motifs is 2. The largest absolute Gasteiger partial charge is 0.454 e. The van der Waals surface area contributed by atoms with Gasteiger partial charge < -0.3 is 8.98 Å². The van der Waals surface area contributed by atoms with Gasteiger partial charge in [0.1, 0.15) is 23.1 Å². The van der Waals surface area contributed by atoms with Crippen molar-refractivity contribution in [1.29, 1.82) is 0 Å². The van der Waals surface area contributed by atoms with Gasteiger partial charge in [0, 0.05) is 5.39 Å². The van der Waals surface area contributed by atoms with Crippen LogP contribution in [0.4, 0.5) is 0 Å². The maximum atomic E-state index is 5.95. The summed E-state index contributed by atoms with van der Waals surface area (Å²) in [4.78, 5) is 13.4. The number of rotatable bonds is 3. The molecule has 0 N–H and O–H groups in total. The summed E-state index contributed by atoms with van der Waals surface area (Å²) in [6.45, 7) is 0.716. The molecular weight excluding hydrogens is 312 g/mol. The van der Waals surface area contributed by atoms with Gasteiger partial charge in [-0.1, -0.05) is 48.5 Å². The second-order valence-corrected chi connectivity index (χ2v) is 5.90. The van der Waals surface area contributed by atoms with Crippen LogP contribution in [0.25, 0.3) is 33.6 Å². The molecule has 25 heavy (non-hydrogen) atoms. The molecule has 5 rings (SSSR count). The minimum atomic E-state index is 0.707. The summed E-state index contributed by atoms with van der Waals surface area (Å²) in [5.41, 5.74) is 4.30. The number of nitrogens with zero attached hydrogens (tertiary/aromatic N) is 4. The summed E-state index contributed by atoms with van der Waals surface area (Å²) in [5, 5.41) is 1.05. The van der Waals surface area contributed by atoms with Gasteiger partial charge in [-0.05, 0) is 17.7 Å². The number of para-hydroxylation sites is 1. The molecular formula is C20H14N4O. The fourth-order valence-electron chi connectivity index (χ4n) is 3.06. The Labute approximate surface area is 143 Å². The number of furan rings is 1. The summed E-state index contributed by atoms with van der Waals surface area (Å²) >= 11 is 0. The van der Waals surface area contributed by atoms with Crippen molar-refractivity contribution in [2.24, 2.45) is 0 Å². The predicted octanol–water partition coefficient (Wildman–Crippen LogP) is 4.29. The topological polar surface area (TPSA) is 56.7 Å². The third-order valence-corrected chi connectivity index (χ3v) is 4.26. The van der Waals surface area contributed by atoms with E-state index in [4.69, 9.17) is 4.42 Å². The normalized spacial score (nSPS) is 11.4. The van der Waals surface area contributed by atoms with E-state index in [1.165, 1.54) is 5.56 Å². The lowest BCUT2D eigenvalue weighted by atomic mass is 10.2. The van der Waals surface area contributed by atoms with E-state index in [-0.39, 0.29) is 0 Å². The van der Waals surface area contributed by atoms with Gasteiger partial charge >= 0.3 is 0 Å². The lowest BCUT2D eigenvalue weighted by molar-refractivity contribution is 0.629. The molecule has 5 nitrogen and oxygen atoms in total. The van der Waals surface area contributed by atoms with Crippen LogP contribution in [0.2, 0.25) is 0 Å². The zero-order valence-corrected chi connectivity index (χ0v) is 13.3. The van der Waals surface area contributed by atoms with Gasteiger partial charge in [0.15, 0.2) is 11.4 Å². The highest BCUT2D eigenvalue weighted by Gasteiger charge is 2.15. The third kappa shape index (κ3) is 2.37. The molecule has 0 radical (unpaired) electrons. The zero-order chi connectivity index (χ0) is 16.6. The van der Waals surface area contributed by atoms with Gasteiger partial charge in [0.25, 0.3) is 0 Å². The van der Waals surface area contributed by atoms with E-state index in [9.17, 15) is 0 Å². The van der Waals surface area contributed by atoms with Crippen LogP contribution in [0.3, 0.4) is 0 Å². The van der Waals surface area contributed by atoms with Gasteiger partial charge in [-0.3, -0.25) is 0 Å². The van der Waals surface area contributed by atoms with Crippen LogP contribution in [0.5, 0.6) is 0 Å². The van der Waals surface area contributed by atoms with Crippen molar-refractivity contribution in [1.82, 2.24) is 19.5 Å². The number of imidazole rings is 1. The van der Waals surface area contributed by atoms with Crippen molar-refractivity contribution in [2.75, 3.05) is 0 Å². The highest BCUT2D eigenvalue weighted by Crippen LogP contribution is 2.30. The molecule has 120 valence electrons. The molecule has 0 aliphatic heterocycles. The lowest BCUT2D eigenvalue weighted by Gasteiger charge is -2.04. The van der Waals surface area contributed by atoms with E-state index >= 15 is 0 Å². The highest BCUT2D eigenvalue weighted by molar-refractivity contribution is 5.90. The average Bonchev–Trinajstić information content (AvgIpc) is 3.27. The SMILES string of the molecule is c1ccc(Cn2cnc3c(-c4cc5ccccc5o4)ncnc32)cc1. The van der Waals surface area contributed by atoms with Crippen LogP contribution >= 0.6 is 0 Å². The van der Waals surface area contributed by atoms with Gasteiger partial charge in [-0.25, -0.2) is 15.0 Å². The smallest absolute Gasteiger partial charge is 0.164 e. The molecule has 3 heterocycles. The molecule has 3 aromatic heterocycles. The van der Waals surface area contributed by atoms with Crippen molar-refractivity contribution >= 4 is 22.1 Å². The van der Waals surface area contributed by atoms with Crippen molar-refractivity contribution in [2.45, 2.75) is 6.54 Å². The molecule has 0 bridgehead atoms. The van der Waals surface area contributed by atoms with Gasteiger partial charge in [0.2, 0.25) is 0 Å². The molecule has 0 aliphatic carbocycles. The second-order valence-electron chi connectivity index (χ2n) is 5.90. The Bertz CT molecular complexity index is 1140. The Balaban J connectivity index is 1.63. The maximum absolute atomic E-state index is 5.95. The Hall–Kier alpha value is -3.47. The van der Waals surface area contributed by atoms with Crippen LogP contribution in [0.1, 0.15) is 5.56 Å².